The van der Waals surface area contributed by atoms with Crippen molar-refractivity contribution in [2.75, 3.05) is 0 Å². The first-order chi connectivity index (χ1) is 8.99. The highest BCUT2D eigenvalue weighted by atomic mass is 19.1. The van der Waals surface area contributed by atoms with E-state index in [1.54, 1.807) is 13.8 Å². The largest absolute Gasteiger partial charge is 0.324 e. The van der Waals surface area contributed by atoms with E-state index in [0.29, 0.717) is 11.1 Å². The maximum absolute atomic E-state index is 13.6. The predicted molar refractivity (Wildman–Crippen MR) is 77.7 cm³/mol. The molecule has 0 amide bonds. The molecule has 2 N–H and O–H groups in total. The van der Waals surface area contributed by atoms with E-state index in [9.17, 15) is 4.39 Å². The smallest absolute Gasteiger partial charge is 0.129 e. The van der Waals surface area contributed by atoms with E-state index in [4.69, 9.17) is 5.73 Å². The van der Waals surface area contributed by atoms with Crippen molar-refractivity contribution in [1.29, 1.82) is 0 Å². The molecule has 0 bridgehead atoms. The summed E-state index contributed by atoms with van der Waals surface area (Å²) in [5.74, 6) is -0.133. The first-order valence-corrected chi connectivity index (χ1v) is 6.55. The van der Waals surface area contributed by atoms with Crippen LogP contribution in [0.25, 0.3) is 0 Å². The Balaban J connectivity index is 2.26. The first-order valence-electron chi connectivity index (χ1n) is 6.55. The molecule has 1 atom stereocenters. The van der Waals surface area contributed by atoms with E-state index < -0.39 is 0 Å². The Kier molecular flexibility index (Phi) is 4.01. The van der Waals surface area contributed by atoms with Gasteiger partial charge in [0, 0.05) is 6.04 Å². The maximum atomic E-state index is 13.6. The van der Waals surface area contributed by atoms with Gasteiger partial charge >= 0.3 is 0 Å². The van der Waals surface area contributed by atoms with E-state index in [0.717, 1.165) is 12.0 Å². The van der Waals surface area contributed by atoms with Crippen molar-refractivity contribution >= 4 is 0 Å². The molecule has 0 heterocycles. The number of hydrogen-bond donors (Lipinski definition) is 1. The lowest BCUT2D eigenvalue weighted by Crippen LogP contribution is -2.14. The standard InChI is InChI=1S/C17H20FN/c1-11-6-4-5-7-14(11)10-16(19)15-8-12(2)17(18)13(3)9-15/h4-9,16H,10,19H2,1-3H3. The van der Waals surface area contributed by atoms with Crippen molar-refractivity contribution in [2.24, 2.45) is 5.73 Å². The third kappa shape index (κ3) is 3.02. The zero-order chi connectivity index (χ0) is 14.0. The lowest BCUT2D eigenvalue weighted by molar-refractivity contribution is 0.605. The lowest BCUT2D eigenvalue weighted by Gasteiger charge is -2.16. The van der Waals surface area contributed by atoms with E-state index in [1.165, 1.54) is 11.1 Å². The van der Waals surface area contributed by atoms with Crippen LogP contribution >= 0.6 is 0 Å². The van der Waals surface area contributed by atoms with Gasteiger partial charge in [0.1, 0.15) is 5.82 Å². The Bertz CT molecular complexity index is 567. The van der Waals surface area contributed by atoms with Gasteiger partial charge < -0.3 is 5.73 Å². The zero-order valence-corrected chi connectivity index (χ0v) is 11.7. The summed E-state index contributed by atoms with van der Waals surface area (Å²) >= 11 is 0. The normalized spacial score (nSPS) is 12.5. The number of rotatable bonds is 3. The summed E-state index contributed by atoms with van der Waals surface area (Å²) in [6.07, 6.45) is 0.775. The highest BCUT2D eigenvalue weighted by Gasteiger charge is 2.12. The zero-order valence-electron chi connectivity index (χ0n) is 11.7. The molecule has 0 saturated carbocycles. The van der Waals surface area contributed by atoms with E-state index in [-0.39, 0.29) is 11.9 Å². The fraction of sp³-hybridized carbons (Fsp3) is 0.294. The topological polar surface area (TPSA) is 26.0 Å². The second kappa shape index (κ2) is 5.54. The number of nitrogens with two attached hydrogens (primary N) is 1. The fourth-order valence-electron chi connectivity index (χ4n) is 2.39. The van der Waals surface area contributed by atoms with Crippen LogP contribution in [0.5, 0.6) is 0 Å². The first kappa shape index (κ1) is 13.8. The van der Waals surface area contributed by atoms with Crippen LogP contribution in [0.2, 0.25) is 0 Å². The average molecular weight is 257 g/mol. The van der Waals surface area contributed by atoms with Crippen LogP contribution in [0, 0.1) is 26.6 Å². The van der Waals surface area contributed by atoms with Gasteiger partial charge in [-0.15, -0.1) is 0 Å². The van der Waals surface area contributed by atoms with Crippen LogP contribution in [-0.4, -0.2) is 0 Å². The third-order valence-electron chi connectivity index (χ3n) is 3.59. The second-order valence-electron chi connectivity index (χ2n) is 5.21. The maximum Gasteiger partial charge on any atom is 0.129 e. The summed E-state index contributed by atoms with van der Waals surface area (Å²) in [6.45, 7) is 5.65. The molecular formula is C17H20FN. The Morgan fingerprint density at radius 2 is 1.58 bits per heavy atom. The van der Waals surface area contributed by atoms with Gasteiger partial charge in [0.05, 0.1) is 0 Å². The molecule has 19 heavy (non-hydrogen) atoms. The summed E-state index contributed by atoms with van der Waals surface area (Å²) in [5.41, 5.74) is 11.1. The van der Waals surface area contributed by atoms with Crippen molar-refractivity contribution in [2.45, 2.75) is 33.2 Å². The number of halogens is 1. The van der Waals surface area contributed by atoms with Crippen LogP contribution in [0.15, 0.2) is 36.4 Å². The third-order valence-corrected chi connectivity index (χ3v) is 3.59. The molecule has 0 radical (unpaired) electrons. The lowest BCUT2D eigenvalue weighted by atomic mass is 9.94. The average Bonchev–Trinajstić information content (AvgIpc) is 2.38. The van der Waals surface area contributed by atoms with Crippen molar-refractivity contribution in [3.05, 3.63) is 70.0 Å². The molecule has 0 aromatic heterocycles. The van der Waals surface area contributed by atoms with Gasteiger partial charge in [0.25, 0.3) is 0 Å². The van der Waals surface area contributed by atoms with Crippen molar-refractivity contribution in [3.8, 4) is 0 Å². The fourth-order valence-corrected chi connectivity index (χ4v) is 2.39. The molecule has 0 fully saturated rings. The Hall–Kier alpha value is -1.67. The molecule has 2 heteroatoms. The van der Waals surface area contributed by atoms with E-state index in [1.807, 2.05) is 24.3 Å². The van der Waals surface area contributed by atoms with Crippen molar-refractivity contribution in [1.82, 2.24) is 0 Å². The summed E-state index contributed by atoms with van der Waals surface area (Å²) in [6, 6.07) is 11.8. The van der Waals surface area contributed by atoms with Crippen molar-refractivity contribution < 1.29 is 4.39 Å². The van der Waals surface area contributed by atoms with E-state index in [2.05, 4.69) is 19.1 Å². The van der Waals surface area contributed by atoms with Crippen LogP contribution in [0.1, 0.15) is 33.9 Å². The van der Waals surface area contributed by atoms with Gasteiger partial charge in [-0.2, -0.15) is 0 Å². The molecule has 1 unspecified atom stereocenters. The van der Waals surface area contributed by atoms with Crippen LogP contribution < -0.4 is 5.73 Å². The summed E-state index contributed by atoms with van der Waals surface area (Å²) in [5, 5.41) is 0. The molecule has 0 aliphatic carbocycles. The SMILES string of the molecule is Cc1ccccc1CC(N)c1cc(C)c(F)c(C)c1. The summed E-state index contributed by atoms with van der Waals surface area (Å²) in [7, 11) is 0. The van der Waals surface area contributed by atoms with Gasteiger partial charge in [-0.1, -0.05) is 36.4 Å². The molecule has 0 aliphatic rings. The Morgan fingerprint density at radius 3 is 2.16 bits per heavy atom. The molecule has 0 saturated heterocycles. The highest BCUT2D eigenvalue weighted by molar-refractivity contribution is 5.34. The minimum absolute atomic E-state index is 0.0981. The molecule has 2 aromatic rings. The minimum Gasteiger partial charge on any atom is -0.324 e. The Morgan fingerprint density at radius 1 is 1.00 bits per heavy atom. The highest BCUT2D eigenvalue weighted by Crippen LogP contribution is 2.22. The molecule has 1 nitrogen and oxygen atoms in total. The van der Waals surface area contributed by atoms with E-state index >= 15 is 0 Å². The monoisotopic (exact) mass is 257 g/mol. The van der Waals surface area contributed by atoms with Gasteiger partial charge in [0.15, 0.2) is 0 Å². The second-order valence-corrected chi connectivity index (χ2v) is 5.21. The summed E-state index contributed by atoms with van der Waals surface area (Å²) < 4.78 is 13.6. The number of benzene rings is 2. The van der Waals surface area contributed by atoms with Gasteiger partial charge in [-0.05, 0) is 55.0 Å². The van der Waals surface area contributed by atoms with Crippen molar-refractivity contribution in [3.63, 3.8) is 0 Å². The summed E-state index contributed by atoms with van der Waals surface area (Å²) in [4.78, 5) is 0. The molecule has 0 spiro atoms. The predicted octanol–water partition coefficient (Wildman–Crippen LogP) is 3.99. The molecular weight excluding hydrogens is 237 g/mol. The van der Waals surface area contributed by atoms with Crippen LogP contribution in [0.4, 0.5) is 4.39 Å². The number of hydrogen-bond acceptors (Lipinski definition) is 1. The van der Waals surface area contributed by atoms with Gasteiger partial charge in [-0.3, -0.25) is 0 Å². The quantitative estimate of drug-likeness (QED) is 0.884. The molecule has 2 aromatic carbocycles. The minimum atomic E-state index is -0.133. The molecule has 0 aliphatic heterocycles. The Labute approximate surface area is 114 Å². The van der Waals surface area contributed by atoms with Gasteiger partial charge in [-0.25, -0.2) is 4.39 Å². The molecule has 2 rings (SSSR count). The number of aryl methyl sites for hydroxylation is 3. The van der Waals surface area contributed by atoms with Crippen LogP contribution in [0.3, 0.4) is 0 Å². The van der Waals surface area contributed by atoms with Gasteiger partial charge in [0.2, 0.25) is 0 Å². The van der Waals surface area contributed by atoms with Crippen LogP contribution in [-0.2, 0) is 6.42 Å². The molecule has 100 valence electrons.